The number of nitrogens with zero attached hydrogens (tertiary/aromatic N) is 5. The summed E-state index contributed by atoms with van der Waals surface area (Å²) < 4.78 is 9.97. The monoisotopic (exact) mass is 356 g/mol. The molecule has 0 aromatic carbocycles. The normalized spacial score (nSPS) is 10.8. The third-order valence-corrected chi connectivity index (χ3v) is 3.89. The van der Waals surface area contributed by atoms with E-state index in [0.717, 1.165) is 17.3 Å². The van der Waals surface area contributed by atoms with E-state index in [0.29, 0.717) is 16.6 Å². The van der Waals surface area contributed by atoms with Gasteiger partial charge in [-0.25, -0.2) is 9.97 Å². The molecule has 0 radical (unpaired) electrons. The third kappa shape index (κ3) is 4.21. The molecule has 0 spiro atoms. The Bertz CT molecular complexity index is 831. The van der Waals surface area contributed by atoms with Gasteiger partial charge < -0.3 is 15.0 Å². The molecule has 0 aliphatic rings. The van der Waals surface area contributed by atoms with Crippen molar-refractivity contribution in [1.82, 2.24) is 19.3 Å². The van der Waals surface area contributed by atoms with Crippen LogP contribution in [0.25, 0.3) is 11.5 Å². The average molecular weight is 356 g/mol. The van der Waals surface area contributed by atoms with Crippen molar-refractivity contribution in [2.75, 3.05) is 24.3 Å². The molecule has 130 valence electrons. The zero-order chi connectivity index (χ0) is 17.8. The molecule has 0 aliphatic heterocycles. The maximum atomic E-state index is 5.60. The molecule has 1 N–H and O–H groups in total. The van der Waals surface area contributed by atoms with Crippen molar-refractivity contribution >= 4 is 28.2 Å². The maximum Gasteiger partial charge on any atom is 0.208 e. The molecule has 3 aromatic rings. The highest BCUT2D eigenvalue weighted by molar-refractivity contribution is 7.09. The number of rotatable bonds is 6. The van der Waals surface area contributed by atoms with Crippen LogP contribution in [0.15, 0.2) is 36.7 Å². The zero-order valence-corrected chi connectivity index (χ0v) is 15.4. The topological polar surface area (TPSA) is 76.1 Å². The first-order chi connectivity index (χ1) is 12.0. The molecular weight excluding hydrogens is 336 g/mol. The zero-order valence-electron chi connectivity index (χ0n) is 14.6. The molecule has 25 heavy (non-hydrogen) atoms. The Balaban J connectivity index is 1.77. The number of aromatic nitrogens is 4. The molecule has 0 amide bonds. The molecule has 0 unspecified atom stereocenters. The number of anilines is 3. The van der Waals surface area contributed by atoms with E-state index in [1.807, 2.05) is 57.1 Å². The lowest BCUT2D eigenvalue weighted by Gasteiger charge is -2.15. The summed E-state index contributed by atoms with van der Waals surface area (Å²) in [5.74, 6) is 2.05. The Hall–Kier alpha value is -2.74. The van der Waals surface area contributed by atoms with Crippen LogP contribution in [0.5, 0.6) is 5.75 Å². The third-order valence-electron chi connectivity index (χ3n) is 3.26. The second-order valence-corrected chi connectivity index (χ2v) is 6.61. The standard InChI is InChI=1S/C17H20N6OS/c1-11(2)24-12-7-8-13(19-10-12)15-20-17(25-22-15)21-16-14(23(3)4)6-5-9-18-16/h5-11H,1-4H3,(H,18,20,21,22). The van der Waals surface area contributed by atoms with Crippen LogP contribution in [0, 0.1) is 0 Å². The van der Waals surface area contributed by atoms with Gasteiger partial charge in [0.15, 0.2) is 11.6 Å². The van der Waals surface area contributed by atoms with Crippen molar-refractivity contribution in [2.45, 2.75) is 20.0 Å². The van der Waals surface area contributed by atoms with E-state index in [1.54, 1.807) is 12.4 Å². The number of nitrogens with one attached hydrogen (secondary N) is 1. The highest BCUT2D eigenvalue weighted by Gasteiger charge is 2.11. The minimum Gasteiger partial charge on any atom is -0.489 e. The lowest BCUT2D eigenvalue weighted by atomic mass is 10.3. The molecule has 0 saturated carbocycles. The van der Waals surface area contributed by atoms with Gasteiger partial charge in [-0.3, -0.25) is 0 Å². The molecular formula is C17H20N6OS. The predicted octanol–water partition coefficient (Wildman–Crippen LogP) is 3.59. The second kappa shape index (κ2) is 7.43. The summed E-state index contributed by atoms with van der Waals surface area (Å²) in [4.78, 5) is 15.2. The molecule has 3 rings (SSSR count). The van der Waals surface area contributed by atoms with Crippen molar-refractivity contribution in [2.24, 2.45) is 0 Å². The van der Waals surface area contributed by atoms with Crippen LogP contribution in [-0.4, -0.2) is 39.5 Å². The van der Waals surface area contributed by atoms with Gasteiger partial charge in [-0.1, -0.05) is 0 Å². The molecule has 0 fully saturated rings. The Morgan fingerprint density at radius 3 is 2.68 bits per heavy atom. The van der Waals surface area contributed by atoms with Gasteiger partial charge in [-0.05, 0) is 38.1 Å². The fourth-order valence-electron chi connectivity index (χ4n) is 2.19. The molecule has 0 atom stereocenters. The minimum atomic E-state index is 0.116. The van der Waals surface area contributed by atoms with E-state index in [1.165, 1.54) is 11.5 Å². The van der Waals surface area contributed by atoms with Crippen molar-refractivity contribution in [1.29, 1.82) is 0 Å². The van der Waals surface area contributed by atoms with Gasteiger partial charge >= 0.3 is 0 Å². The van der Waals surface area contributed by atoms with E-state index >= 15 is 0 Å². The summed E-state index contributed by atoms with van der Waals surface area (Å²) >= 11 is 1.27. The van der Waals surface area contributed by atoms with Crippen LogP contribution in [0.1, 0.15) is 13.8 Å². The Labute approximate surface area is 150 Å². The molecule has 0 saturated heterocycles. The lowest BCUT2D eigenvalue weighted by molar-refractivity contribution is 0.241. The van der Waals surface area contributed by atoms with E-state index in [2.05, 4.69) is 24.6 Å². The van der Waals surface area contributed by atoms with E-state index in [-0.39, 0.29) is 6.10 Å². The summed E-state index contributed by atoms with van der Waals surface area (Å²) in [6.45, 7) is 3.96. The molecule has 3 heterocycles. The van der Waals surface area contributed by atoms with Crippen molar-refractivity contribution in [3.8, 4) is 17.3 Å². The first-order valence-electron chi connectivity index (χ1n) is 7.89. The molecule has 3 aromatic heterocycles. The summed E-state index contributed by atoms with van der Waals surface area (Å²) in [5, 5.41) is 3.89. The van der Waals surface area contributed by atoms with Crippen molar-refractivity contribution in [3.63, 3.8) is 0 Å². The minimum absolute atomic E-state index is 0.116. The lowest BCUT2D eigenvalue weighted by Crippen LogP contribution is -2.11. The van der Waals surface area contributed by atoms with Gasteiger partial charge in [0.05, 0.1) is 18.0 Å². The van der Waals surface area contributed by atoms with Crippen molar-refractivity contribution in [3.05, 3.63) is 36.7 Å². The fraction of sp³-hybridized carbons (Fsp3) is 0.294. The molecule has 8 heteroatoms. The maximum absolute atomic E-state index is 5.60. The van der Waals surface area contributed by atoms with Crippen LogP contribution in [0.4, 0.5) is 16.6 Å². The first kappa shape index (κ1) is 17.1. The van der Waals surface area contributed by atoms with Crippen LogP contribution in [0.2, 0.25) is 0 Å². The van der Waals surface area contributed by atoms with Crippen LogP contribution in [-0.2, 0) is 0 Å². The molecule has 7 nitrogen and oxygen atoms in total. The Kier molecular flexibility index (Phi) is 5.08. The van der Waals surface area contributed by atoms with Crippen LogP contribution >= 0.6 is 11.5 Å². The summed E-state index contributed by atoms with van der Waals surface area (Å²) in [6.07, 6.45) is 3.55. The van der Waals surface area contributed by atoms with E-state index < -0.39 is 0 Å². The Morgan fingerprint density at radius 1 is 1.16 bits per heavy atom. The Morgan fingerprint density at radius 2 is 2.00 bits per heavy atom. The number of ether oxygens (including phenoxy) is 1. The quantitative estimate of drug-likeness (QED) is 0.723. The molecule has 0 bridgehead atoms. The average Bonchev–Trinajstić information content (AvgIpc) is 3.04. The highest BCUT2D eigenvalue weighted by Crippen LogP contribution is 2.27. The van der Waals surface area contributed by atoms with Crippen LogP contribution < -0.4 is 15.0 Å². The summed E-state index contributed by atoms with van der Waals surface area (Å²) in [7, 11) is 3.94. The number of hydrogen-bond donors (Lipinski definition) is 1. The largest absolute Gasteiger partial charge is 0.489 e. The predicted molar refractivity (Wildman–Crippen MR) is 101 cm³/mol. The SMILES string of the molecule is CC(C)Oc1ccc(-c2nsc(Nc3ncccc3N(C)C)n2)nc1. The number of hydrogen-bond acceptors (Lipinski definition) is 8. The van der Waals surface area contributed by atoms with Gasteiger partial charge in [0, 0.05) is 31.8 Å². The van der Waals surface area contributed by atoms with Gasteiger partial charge in [0.25, 0.3) is 0 Å². The smallest absolute Gasteiger partial charge is 0.208 e. The first-order valence-corrected chi connectivity index (χ1v) is 8.66. The van der Waals surface area contributed by atoms with Gasteiger partial charge in [-0.15, -0.1) is 0 Å². The van der Waals surface area contributed by atoms with Gasteiger partial charge in [0.1, 0.15) is 11.4 Å². The fourth-order valence-corrected chi connectivity index (χ4v) is 2.76. The molecule has 0 aliphatic carbocycles. The highest BCUT2D eigenvalue weighted by atomic mass is 32.1. The van der Waals surface area contributed by atoms with E-state index in [4.69, 9.17) is 4.74 Å². The summed E-state index contributed by atoms with van der Waals surface area (Å²) in [5.41, 5.74) is 1.68. The van der Waals surface area contributed by atoms with E-state index in [9.17, 15) is 0 Å². The second-order valence-electron chi connectivity index (χ2n) is 5.86. The van der Waals surface area contributed by atoms with Crippen molar-refractivity contribution < 1.29 is 4.74 Å². The summed E-state index contributed by atoms with van der Waals surface area (Å²) in [6, 6.07) is 7.62. The number of pyridine rings is 2. The van der Waals surface area contributed by atoms with Crippen LogP contribution in [0.3, 0.4) is 0 Å². The van der Waals surface area contributed by atoms with Gasteiger partial charge in [-0.2, -0.15) is 9.36 Å². The van der Waals surface area contributed by atoms with Gasteiger partial charge in [0.2, 0.25) is 5.13 Å².